The van der Waals surface area contributed by atoms with Crippen molar-refractivity contribution in [3.8, 4) is 0 Å². The molecule has 14 nitrogen and oxygen atoms in total. The fourth-order valence-corrected chi connectivity index (χ4v) is 6.48. The fourth-order valence-electron chi connectivity index (χ4n) is 6.48. The largest absolute Gasteiger partial charge is 0.480 e. The van der Waals surface area contributed by atoms with Crippen LogP contribution in [0.1, 0.15) is 61.3 Å². The predicted octanol–water partition coefficient (Wildman–Crippen LogP) is 1.64. The van der Waals surface area contributed by atoms with Crippen LogP contribution in [0.2, 0.25) is 0 Å². The van der Waals surface area contributed by atoms with Crippen molar-refractivity contribution < 1.29 is 29.1 Å². The summed E-state index contributed by atoms with van der Waals surface area (Å²) in [7, 11) is 1.69. The summed E-state index contributed by atoms with van der Waals surface area (Å²) >= 11 is 0. The number of anilines is 1. The summed E-state index contributed by atoms with van der Waals surface area (Å²) in [4.78, 5) is 73.3. The van der Waals surface area contributed by atoms with E-state index in [4.69, 9.17) is 11.5 Å². The Bertz CT molecular complexity index is 1730. The number of hydrogen-bond donors (Lipinski definition) is 7. The number of aryl methyl sites for hydroxylation is 1. The lowest BCUT2D eigenvalue weighted by atomic mass is 9.88. The third-order valence-corrected chi connectivity index (χ3v) is 9.97. The molecule has 0 bridgehead atoms. The van der Waals surface area contributed by atoms with Gasteiger partial charge in [-0.15, -0.1) is 0 Å². The normalized spacial score (nSPS) is 16.0. The van der Waals surface area contributed by atoms with Gasteiger partial charge in [-0.2, -0.15) is 0 Å². The molecule has 3 aromatic rings. The first-order valence-corrected chi connectivity index (χ1v) is 18.5. The SMILES string of the molecule is CCCC[C@@H](NC(=O)[C@@H](Cc1ccccc1)NC(=O)[C@@H](Cc1ccccc1)NC)C(=O)N[C@H](Cc1cnc(N)c(C)c1)C(=O)N1CCC(N)(C(=O)O)CC1. The molecular weight excluding hydrogens is 688 g/mol. The number of amides is 4. The molecule has 0 radical (unpaired) electrons. The van der Waals surface area contributed by atoms with Crippen LogP contribution in [0.4, 0.5) is 5.82 Å². The van der Waals surface area contributed by atoms with Gasteiger partial charge in [0.05, 0.1) is 6.04 Å². The van der Waals surface area contributed by atoms with Crippen molar-refractivity contribution in [3.05, 3.63) is 95.2 Å². The number of pyridine rings is 1. The molecule has 2 aromatic carbocycles. The van der Waals surface area contributed by atoms with E-state index in [9.17, 15) is 29.1 Å². The highest BCUT2D eigenvalue weighted by Crippen LogP contribution is 2.22. The maximum absolute atomic E-state index is 14.1. The zero-order valence-corrected chi connectivity index (χ0v) is 31.3. The third kappa shape index (κ3) is 11.6. The molecule has 0 spiro atoms. The van der Waals surface area contributed by atoms with Crippen LogP contribution in [-0.4, -0.2) is 94.4 Å². The van der Waals surface area contributed by atoms with Gasteiger partial charge in [-0.1, -0.05) is 86.5 Å². The van der Waals surface area contributed by atoms with E-state index in [0.29, 0.717) is 29.8 Å². The van der Waals surface area contributed by atoms with E-state index in [1.807, 2.05) is 67.6 Å². The average molecular weight is 743 g/mol. The molecule has 1 fully saturated rings. The van der Waals surface area contributed by atoms with Gasteiger partial charge in [0.25, 0.3) is 0 Å². The van der Waals surface area contributed by atoms with Gasteiger partial charge >= 0.3 is 5.97 Å². The minimum Gasteiger partial charge on any atom is -0.480 e. The van der Waals surface area contributed by atoms with Crippen LogP contribution in [0.5, 0.6) is 0 Å². The number of likely N-dealkylation sites (tertiary alicyclic amines) is 1. The van der Waals surface area contributed by atoms with E-state index >= 15 is 0 Å². The number of nitrogens with one attached hydrogen (secondary N) is 4. The summed E-state index contributed by atoms with van der Waals surface area (Å²) in [5, 5.41) is 21.4. The van der Waals surface area contributed by atoms with E-state index in [1.165, 1.54) is 4.90 Å². The van der Waals surface area contributed by atoms with Gasteiger partial charge in [0, 0.05) is 32.1 Å². The molecular formula is C40H54N8O6. The van der Waals surface area contributed by atoms with Crippen molar-refractivity contribution in [2.45, 2.75) is 94.9 Å². The number of nitrogen functional groups attached to an aromatic ring is 1. The average Bonchev–Trinajstić information content (AvgIpc) is 3.17. The number of aliphatic carboxylic acids is 1. The van der Waals surface area contributed by atoms with Crippen molar-refractivity contribution in [2.75, 3.05) is 25.9 Å². The van der Waals surface area contributed by atoms with Gasteiger partial charge < -0.3 is 42.7 Å². The molecule has 9 N–H and O–H groups in total. The van der Waals surface area contributed by atoms with Crippen molar-refractivity contribution in [1.29, 1.82) is 0 Å². The lowest BCUT2D eigenvalue weighted by Gasteiger charge is -2.38. The Labute approximate surface area is 316 Å². The maximum Gasteiger partial charge on any atom is 0.323 e. The number of piperidine rings is 1. The number of likely N-dealkylation sites (N-methyl/N-ethyl adjacent to an activating group) is 1. The van der Waals surface area contributed by atoms with Crippen LogP contribution >= 0.6 is 0 Å². The lowest BCUT2D eigenvalue weighted by Crippen LogP contribution is -2.61. The molecule has 4 atom stereocenters. The quantitative estimate of drug-likeness (QED) is 0.0999. The van der Waals surface area contributed by atoms with E-state index in [1.54, 1.807) is 26.2 Å². The molecule has 0 aliphatic carbocycles. The Balaban J connectivity index is 1.56. The van der Waals surface area contributed by atoms with Gasteiger partial charge in [0.1, 0.15) is 29.5 Å². The topological polar surface area (TPSA) is 222 Å². The lowest BCUT2D eigenvalue weighted by molar-refractivity contribution is -0.148. The molecule has 1 aromatic heterocycles. The summed E-state index contributed by atoms with van der Waals surface area (Å²) < 4.78 is 0. The number of aromatic nitrogens is 1. The van der Waals surface area contributed by atoms with Crippen molar-refractivity contribution in [1.82, 2.24) is 31.2 Å². The number of carbonyl (C=O) groups is 5. The molecule has 290 valence electrons. The first-order valence-electron chi connectivity index (χ1n) is 18.5. The number of unbranched alkanes of at least 4 members (excludes halogenated alkanes) is 1. The summed E-state index contributed by atoms with van der Waals surface area (Å²) in [6.45, 7) is 3.96. The van der Waals surface area contributed by atoms with E-state index in [2.05, 4.69) is 26.3 Å². The monoisotopic (exact) mass is 742 g/mol. The van der Waals surface area contributed by atoms with Crippen LogP contribution in [0.25, 0.3) is 0 Å². The molecule has 14 heteroatoms. The highest BCUT2D eigenvalue weighted by atomic mass is 16.4. The zero-order valence-electron chi connectivity index (χ0n) is 31.3. The van der Waals surface area contributed by atoms with Crippen LogP contribution < -0.4 is 32.7 Å². The second kappa shape index (κ2) is 19.7. The second-order valence-corrected chi connectivity index (χ2v) is 14.1. The smallest absolute Gasteiger partial charge is 0.323 e. The summed E-state index contributed by atoms with van der Waals surface area (Å²) in [6.07, 6.45) is 3.95. The van der Waals surface area contributed by atoms with E-state index in [0.717, 1.165) is 17.5 Å². The summed E-state index contributed by atoms with van der Waals surface area (Å²) in [5.74, 6) is -2.66. The van der Waals surface area contributed by atoms with Gasteiger partial charge in [0.2, 0.25) is 23.6 Å². The van der Waals surface area contributed by atoms with Crippen LogP contribution in [-0.2, 0) is 43.2 Å². The molecule has 0 unspecified atom stereocenters. The number of carbonyl (C=O) groups excluding carboxylic acids is 4. The maximum atomic E-state index is 14.1. The van der Waals surface area contributed by atoms with Crippen molar-refractivity contribution in [3.63, 3.8) is 0 Å². The molecule has 0 saturated carbocycles. The molecule has 1 saturated heterocycles. The fraction of sp³-hybridized carbons (Fsp3) is 0.450. The molecule has 1 aliphatic rings. The van der Waals surface area contributed by atoms with Gasteiger partial charge in [-0.05, 0) is 61.9 Å². The molecule has 2 heterocycles. The number of carboxylic acid groups (broad SMARTS) is 1. The van der Waals surface area contributed by atoms with Gasteiger partial charge in [-0.25, -0.2) is 4.98 Å². The number of hydrogen-bond acceptors (Lipinski definition) is 9. The Morgan fingerprint density at radius 2 is 1.30 bits per heavy atom. The third-order valence-electron chi connectivity index (χ3n) is 9.97. The Morgan fingerprint density at radius 1 is 0.796 bits per heavy atom. The van der Waals surface area contributed by atoms with Crippen LogP contribution in [0.3, 0.4) is 0 Å². The predicted molar refractivity (Wildman–Crippen MR) is 206 cm³/mol. The molecule has 4 amide bonds. The van der Waals surface area contributed by atoms with Gasteiger partial charge in [0.15, 0.2) is 0 Å². The highest BCUT2D eigenvalue weighted by molar-refractivity contribution is 5.95. The molecule has 4 rings (SSSR count). The van der Waals surface area contributed by atoms with Crippen LogP contribution in [0, 0.1) is 6.92 Å². The molecule has 1 aliphatic heterocycles. The number of rotatable bonds is 18. The number of benzene rings is 2. The Morgan fingerprint density at radius 3 is 1.83 bits per heavy atom. The summed E-state index contributed by atoms with van der Waals surface area (Å²) in [6, 6.07) is 16.9. The number of nitrogens with zero attached hydrogens (tertiary/aromatic N) is 2. The standard InChI is InChI=1S/C40H54N8O6/c1-4-5-16-30(45-37(51)32(23-28-14-10-7-11-15-28)46-36(50)31(43-3)22-27-12-8-6-9-13-27)35(49)47-33(24-29-21-26(2)34(41)44-25-29)38(52)48-19-17-40(42,18-20-48)39(53)54/h6-15,21,25,30-33,43H,4-5,16-20,22-24,42H2,1-3H3,(H2,41,44)(H,45,51)(H,46,50)(H,47,49)(H,53,54)/t30-,31-,32-,33-/m1/s1. The van der Waals surface area contributed by atoms with E-state index in [-0.39, 0.29) is 51.1 Å². The number of nitrogens with two attached hydrogens (primary N) is 2. The minimum absolute atomic E-state index is 0.0563. The first-order chi connectivity index (χ1) is 25.8. The highest BCUT2D eigenvalue weighted by Gasteiger charge is 2.40. The van der Waals surface area contributed by atoms with Gasteiger partial charge in [-0.3, -0.25) is 24.0 Å². The minimum atomic E-state index is -1.44. The van der Waals surface area contributed by atoms with Crippen molar-refractivity contribution in [2.24, 2.45) is 5.73 Å². The Hall–Kier alpha value is -5.34. The van der Waals surface area contributed by atoms with Crippen molar-refractivity contribution >= 4 is 35.4 Å². The second-order valence-electron chi connectivity index (χ2n) is 14.1. The zero-order chi connectivity index (χ0) is 39.3. The summed E-state index contributed by atoms with van der Waals surface area (Å²) in [5.41, 5.74) is 13.7. The van der Waals surface area contributed by atoms with Crippen LogP contribution in [0.15, 0.2) is 72.9 Å². The first kappa shape index (κ1) is 41.4. The van der Waals surface area contributed by atoms with E-state index < -0.39 is 53.4 Å². The Kier molecular flexibility index (Phi) is 15.1. The number of carboxylic acids is 1. The molecule has 54 heavy (non-hydrogen) atoms.